The van der Waals surface area contributed by atoms with Crippen LogP contribution in [0, 0.1) is 0 Å². The second kappa shape index (κ2) is 8.37. The second-order valence-electron chi connectivity index (χ2n) is 3.18. The lowest BCUT2D eigenvalue weighted by Crippen LogP contribution is -2.47. The molecule has 0 heterocycles. The van der Waals surface area contributed by atoms with Crippen LogP contribution in [0.5, 0.6) is 0 Å². The van der Waals surface area contributed by atoms with Crippen molar-refractivity contribution < 1.29 is 27.8 Å². The molecule has 17 heavy (non-hydrogen) atoms. The van der Waals surface area contributed by atoms with Crippen molar-refractivity contribution in [2.75, 3.05) is 34.0 Å². The second-order valence-corrected chi connectivity index (χ2v) is 4.71. The van der Waals surface area contributed by atoms with E-state index in [-0.39, 0.29) is 26.2 Å². The standard InChI is InChI=1S/C8H18N2O6S/c1-15-5-3-7(8(11)12)10-17(13,14)9-4-6-16-2/h7,9-10H,3-6H2,1-2H3,(H,11,12). The normalized spacial score (nSPS) is 13.5. The van der Waals surface area contributed by atoms with Gasteiger partial charge in [0.05, 0.1) is 6.61 Å². The molecular weight excluding hydrogens is 252 g/mol. The summed E-state index contributed by atoms with van der Waals surface area (Å²) in [6.07, 6.45) is 0.0526. The Bertz CT molecular complexity index is 318. The summed E-state index contributed by atoms with van der Waals surface area (Å²) in [6.45, 7) is 0.427. The average Bonchev–Trinajstić information content (AvgIpc) is 2.24. The van der Waals surface area contributed by atoms with E-state index >= 15 is 0 Å². The zero-order chi connectivity index (χ0) is 13.3. The summed E-state index contributed by atoms with van der Waals surface area (Å²) < 4.78 is 36.3. The maximum Gasteiger partial charge on any atom is 0.321 e. The van der Waals surface area contributed by atoms with E-state index in [1.165, 1.54) is 14.2 Å². The van der Waals surface area contributed by atoms with Crippen molar-refractivity contribution >= 4 is 16.2 Å². The molecule has 0 fully saturated rings. The summed E-state index contributed by atoms with van der Waals surface area (Å²) in [5, 5.41) is 8.80. The quantitative estimate of drug-likeness (QED) is 0.418. The molecule has 9 heteroatoms. The van der Waals surface area contributed by atoms with Crippen molar-refractivity contribution in [2.45, 2.75) is 12.5 Å². The summed E-state index contributed by atoms with van der Waals surface area (Å²) >= 11 is 0. The van der Waals surface area contributed by atoms with Gasteiger partial charge in [0, 0.05) is 27.4 Å². The lowest BCUT2D eigenvalue weighted by atomic mass is 10.2. The predicted octanol–water partition coefficient (Wildman–Crippen LogP) is -1.45. The average molecular weight is 270 g/mol. The molecule has 0 aliphatic rings. The zero-order valence-electron chi connectivity index (χ0n) is 9.80. The molecule has 0 aromatic carbocycles. The third kappa shape index (κ3) is 8.05. The minimum Gasteiger partial charge on any atom is -0.480 e. The van der Waals surface area contributed by atoms with Crippen molar-refractivity contribution in [3.8, 4) is 0 Å². The first-order valence-electron chi connectivity index (χ1n) is 4.90. The highest BCUT2D eigenvalue weighted by Crippen LogP contribution is 1.95. The van der Waals surface area contributed by atoms with Gasteiger partial charge in [-0.15, -0.1) is 0 Å². The third-order valence-corrected chi connectivity index (χ3v) is 2.98. The van der Waals surface area contributed by atoms with E-state index in [9.17, 15) is 13.2 Å². The molecule has 1 atom stereocenters. The Morgan fingerprint density at radius 2 is 1.88 bits per heavy atom. The predicted molar refractivity (Wildman–Crippen MR) is 59.9 cm³/mol. The van der Waals surface area contributed by atoms with Gasteiger partial charge in [-0.1, -0.05) is 0 Å². The Kier molecular flexibility index (Phi) is 8.00. The molecule has 0 amide bonds. The molecule has 1 unspecified atom stereocenters. The number of rotatable bonds is 10. The van der Waals surface area contributed by atoms with Crippen molar-refractivity contribution in [1.29, 1.82) is 0 Å². The molecule has 0 saturated carbocycles. The van der Waals surface area contributed by atoms with Gasteiger partial charge >= 0.3 is 5.97 Å². The molecule has 0 aliphatic heterocycles. The molecule has 0 spiro atoms. The smallest absolute Gasteiger partial charge is 0.321 e. The van der Waals surface area contributed by atoms with Crippen molar-refractivity contribution in [1.82, 2.24) is 9.44 Å². The van der Waals surface area contributed by atoms with Crippen LogP contribution in [-0.4, -0.2) is 59.5 Å². The number of hydrogen-bond acceptors (Lipinski definition) is 5. The molecule has 0 aromatic heterocycles. The largest absolute Gasteiger partial charge is 0.480 e. The fraction of sp³-hybridized carbons (Fsp3) is 0.875. The Morgan fingerprint density at radius 1 is 1.29 bits per heavy atom. The summed E-state index contributed by atoms with van der Waals surface area (Å²) in [4.78, 5) is 10.8. The first kappa shape index (κ1) is 16.3. The van der Waals surface area contributed by atoms with Crippen LogP contribution in [0.2, 0.25) is 0 Å². The molecule has 8 nitrogen and oxygen atoms in total. The number of methoxy groups -OCH3 is 2. The highest BCUT2D eigenvalue weighted by Gasteiger charge is 2.23. The van der Waals surface area contributed by atoms with Crippen LogP contribution in [0.15, 0.2) is 0 Å². The summed E-state index contributed by atoms with van der Waals surface area (Å²) in [6, 6.07) is -1.21. The lowest BCUT2D eigenvalue weighted by Gasteiger charge is -2.14. The Hall–Kier alpha value is -0.740. The van der Waals surface area contributed by atoms with Gasteiger partial charge in [-0.2, -0.15) is 17.9 Å². The molecule has 0 aliphatic carbocycles. The first-order valence-corrected chi connectivity index (χ1v) is 6.39. The molecule has 3 N–H and O–H groups in total. The molecule has 102 valence electrons. The van der Waals surface area contributed by atoms with Crippen molar-refractivity contribution in [2.24, 2.45) is 0 Å². The monoisotopic (exact) mass is 270 g/mol. The topological polar surface area (TPSA) is 114 Å². The minimum absolute atomic E-state index is 0.0526. The maximum absolute atomic E-state index is 11.4. The summed E-state index contributed by atoms with van der Waals surface area (Å²) in [7, 11) is -1.01. The van der Waals surface area contributed by atoms with Crippen LogP contribution < -0.4 is 9.44 Å². The van der Waals surface area contributed by atoms with E-state index in [4.69, 9.17) is 9.84 Å². The van der Waals surface area contributed by atoms with Crippen LogP contribution in [0.25, 0.3) is 0 Å². The highest BCUT2D eigenvalue weighted by molar-refractivity contribution is 7.87. The fourth-order valence-electron chi connectivity index (χ4n) is 0.976. The van der Waals surface area contributed by atoms with Gasteiger partial charge in [-0.25, -0.2) is 0 Å². The van der Waals surface area contributed by atoms with Gasteiger partial charge in [-0.3, -0.25) is 4.79 Å². The van der Waals surface area contributed by atoms with Crippen molar-refractivity contribution in [3.05, 3.63) is 0 Å². The SMILES string of the molecule is COCCNS(=O)(=O)NC(CCOC)C(=O)O. The zero-order valence-corrected chi connectivity index (χ0v) is 10.6. The Morgan fingerprint density at radius 3 is 2.35 bits per heavy atom. The molecule has 0 radical (unpaired) electrons. The number of carbonyl (C=O) groups is 1. The molecule has 0 rings (SSSR count). The molecular formula is C8H18N2O6S. The molecule has 0 bridgehead atoms. The van der Waals surface area contributed by atoms with Gasteiger partial charge in [0.25, 0.3) is 10.2 Å². The molecule has 0 aromatic rings. The number of carboxylic acid groups (broad SMARTS) is 1. The van der Waals surface area contributed by atoms with Gasteiger partial charge < -0.3 is 14.6 Å². The van der Waals surface area contributed by atoms with Crippen LogP contribution in [0.3, 0.4) is 0 Å². The Balaban J connectivity index is 4.27. The Labute approximate surface area is 100 Å². The number of carboxylic acids is 1. The maximum atomic E-state index is 11.4. The van der Waals surface area contributed by atoms with Gasteiger partial charge in [0.15, 0.2) is 0 Å². The van der Waals surface area contributed by atoms with Crippen molar-refractivity contribution in [3.63, 3.8) is 0 Å². The van der Waals surface area contributed by atoms with Gasteiger partial charge in [-0.05, 0) is 6.42 Å². The van der Waals surface area contributed by atoms with E-state index in [1.54, 1.807) is 0 Å². The number of nitrogens with one attached hydrogen (secondary N) is 2. The van der Waals surface area contributed by atoms with E-state index in [0.717, 1.165) is 0 Å². The first-order chi connectivity index (χ1) is 7.93. The third-order valence-electron chi connectivity index (χ3n) is 1.80. The van der Waals surface area contributed by atoms with Gasteiger partial charge in [0.2, 0.25) is 0 Å². The summed E-state index contributed by atoms with van der Waals surface area (Å²) in [5.41, 5.74) is 0. The number of ether oxygens (including phenoxy) is 2. The van der Waals surface area contributed by atoms with Crippen LogP contribution in [0.4, 0.5) is 0 Å². The number of hydrogen-bond donors (Lipinski definition) is 3. The van der Waals surface area contributed by atoms with E-state index in [2.05, 4.69) is 9.46 Å². The van der Waals surface area contributed by atoms with E-state index in [1.807, 2.05) is 4.72 Å². The fourth-order valence-corrected chi connectivity index (χ4v) is 2.00. The summed E-state index contributed by atoms with van der Waals surface area (Å²) in [5.74, 6) is -1.25. The van der Waals surface area contributed by atoms with Gasteiger partial charge in [0.1, 0.15) is 6.04 Å². The van der Waals surface area contributed by atoms with E-state index < -0.39 is 22.2 Å². The minimum atomic E-state index is -3.84. The van der Waals surface area contributed by atoms with Crippen LogP contribution >= 0.6 is 0 Å². The number of aliphatic carboxylic acids is 1. The highest BCUT2D eigenvalue weighted by atomic mass is 32.2. The molecule has 0 saturated heterocycles. The van der Waals surface area contributed by atoms with Crippen LogP contribution in [0.1, 0.15) is 6.42 Å². The van der Waals surface area contributed by atoms with E-state index in [0.29, 0.717) is 0 Å². The van der Waals surface area contributed by atoms with Crippen LogP contribution in [-0.2, 0) is 24.5 Å². The lowest BCUT2D eigenvalue weighted by molar-refractivity contribution is -0.139.